The fourth-order valence-electron chi connectivity index (χ4n) is 1.21. The summed E-state index contributed by atoms with van der Waals surface area (Å²) in [5.74, 6) is 0. The average molecular weight is 320 g/mol. The van der Waals surface area contributed by atoms with Crippen molar-refractivity contribution in [2.45, 2.75) is 19.4 Å². The van der Waals surface area contributed by atoms with Crippen molar-refractivity contribution < 1.29 is 5.11 Å². The molecule has 0 aliphatic carbocycles. The molecule has 76 valence electrons. The van der Waals surface area contributed by atoms with Gasteiger partial charge in [-0.2, -0.15) is 0 Å². The molecule has 0 spiro atoms. The molecule has 1 unspecified atom stereocenters. The van der Waals surface area contributed by atoms with E-state index >= 15 is 0 Å². The summed E-state index contributed by atoms with van der Waals surface area (Å²) >= 11 is 6.79. The Labute approximate surface area is 101 Å². The third-order valence-corrected chi connectivity index (χ3v) is 3.04. The van der Waals surface area contributed by atoms with Crippen LogP contribution in [0.3, 0.4) is 0 Å². The van der Waals surface area contributed by atoms with Gasteiger partial charge in [-0.15, -0.1) is 6.58 Å². The Hall–Kier alpha value is -0.120. The van der Waals surface area contributed by atoms with Crippen LogP contribution in [0.4, 0.5) is 0 Å². The molecule has 3 heteroatoms. The monoisotopic (exact) mass is 318 g/mol. The first-order valence-electron chi connectivity index (χ1n) is 4.28. The number of hydrogen-bond acceptors (Lipinski definition) is 1. The van der Waals surface area contributed by atoms with Crippen molar-refractivity contribution in [3.8, 4) is 0 Å². The summed E-state index contributed by atoms with van der Waals surface area (Å²) < 4.78 is 1.91. The molecule has 1 rings (SSSR count). The number of benzene rings is 1. The van der Waals surface area contributed by atoms with E-state index in [4.69, 9.17) is 0 Å². The van der Waals surface area contributed by atoms with E-state index in [0.29, 0.717) is 6.42 Å². The number of aliphatic hydroxyl groups excluding tert-OH is 1. The van der Waals surface area contributed by atoms with Gasteiger partial charge in [0, 0.05) is 8.95 Å². The molecule has 0 aliphatic heterocycles. The minimum absolute atomic E-state index is 0.477. The molecule has 1 aromatic carbocycles. The van der Waals surface area contributed by atoms with Crippen molar-refractivity contribution in [3.05, 3.63) is 44.9 Å². The standard InChI is InChI=1S/C11H12Br2O/c1-7(2)5-11(14)9-4-3-8(12)6-10(9)13/h3-4,6,11,14H,1,5H2,2H3. The van der Waals surface area contributed by atoms with Crippen LogP contribution in [0.2, 0.25) is 0 Å². The molecule has 0 bridgehead atoms. The summed E-state index contributed by atoms with van der Waals surface area (Å²) in [6.45, 7) is 5.70. The third-order valence-electron chi connectivity index (χ3n) is 1.86. The molecule has 0 aliphatic rings. The van der Waals surface area contributed by atoms with E-state index < -0.39 is 6.10 Å². The topological polar surface area (TPSA) is 20.2 Å². The van der Waals surface area contributed by atoms with Gasteiger partial charge < -0.3 is 5.11 Å². The Bertz CT molecular complexity index is 347. The van der Waals surface area contributed by atoms with Crippen molar-refractivity contribution in [2.24, 2.45) is 0 Å². The molecule has 14 heavy (non-hydrogen) atoms. The van der Waals surface area contributed by atoms with E-state index in [1.165, 1.54) is 0 Å². The maximum Gasteiger partial charge on any atom is 0.0837 e. The molecule has 0 fully saturated rings. The molecule has 0 saturated heterocycles. The highest BCUT2D eigenvalue weighted by molar-refractivity contribution is 9.11. The predicted octanol–water partition coefficient (Wildman–Crippen LogP) is 4.21. The van der Waals surface area contributed by atoms with Gasteiger partial charge in [0.2, 0.25) is 0 Å². The van der Waals surface area contributed by atoms with Gasteiger partial charge in [-0.05, 0) is 31.0 Å². The highest BCUT2D eigenvalue weighted by Crippen LogP contribution is 2.29. The van der Waals surface area contributed by atoms with Gasteiger partial charge in [0.05, 0.1) is 6.10 Å². The van der Waals surface area contributed by atoms with E-state index in [1.807, 2.05) is 25.1 Å². The van der Waals surface area contributed by atoms with Crippen LogP contribution in [0.5, 0.6) is 0 Å². The molecule has 1 nitrogen and oxygen atoms in total. The first-order valence-corrected chi connectivity index (χ1v) is 5.86. The average Bonchev–Trinajstić information content (AvgIpc) is 2.01. The summed E-state index contributed by atoms with van der Waals surface area (Å²) in [5.41, 5.74) is 1.88. The van der Waals surface area contributed by atoms with Gasteiger partial charge >= 0.3 is 0 Å². The Balaban J connectivity index is 2.90. The van der Waals surface area contributed by atoms with E-state index in [-0.39, 0.29) is 0 Å². The summed E-state index contributed by atoms with van der Waals surface area (Å²) in [7, 11) is 0. The molecular weight excluding hydrogens is 308 g/mol. The minimum atomic E-state index is -0.477. The molecule has 0 saturated carbocycles. The van der Waals surface area contributed by atoms with Gasteiger partial charge in [-0.3, -0.25) is 0 Å². The van der Waals surface area contributed by atoms with E-state index in [0.717, 1.165) is 20.1 Å². The van der Waals surface area contributed by atoms with E-state index in [9.17, 15) is 5.11 Å². The van der Waals surface area contributed by atoms with Crippen molar-refractivity contribution in [3.63, 3.8) is 0 Å². The fourth-order valence-corrected chi connectivity index (χ4v) is 2.52. The van der Waals surface area contributed by atoms with Crippen LogP contribution < -0.4 is 0 Å². The van der Waals surface area contributed by atoms with Crippen LogP contribution in [-0.4, -0.2) is 5.11 Å². The zero-order chi connectivity index (χ0) is 10.7. The van der Waals surface area contributed by atoms with Crippen molar-refractivity contribution >= 4 is 31.9 Å². The number of hydrogen-bond donors (Lipinski definition) is 1. The Morgan fingerprint density at radius 1 is 1.50 bits per heavy atom. The van der Waals surface area contributed by atoms with Crippen LogP contribution in [0.15, 0.2) is 39.3 Å². The fraction of sp³-hybridized carbons (Fsp3) is 0.273. The van der Waals surface area contributed by atoms with Crippen LogP contribution in [-0.2, 0) is 0 Å². The van der Waals surface area contributed by atoms with E-state index in [1.54, 1.807) is 0 Å². The Morgan fingerprint density at radius 3 is 2.64 bits per heavy atom. The zero-order valence-electron chi connectivity index (χ0n) is 7.93. The Morgan fingerprint density at radius 2 is 2.14 bits per heavy atom. The molecule has 1 aromatic rings. The lowest BCUT2D eigenvalue weighted by molar-refractivity contribution is 0.177. The van der Waals surface area contributed by atoms with Crippen molar-refractivity contribution in [1.82, 2.24) is 0 Å². The number of aliphatic hydroxyl groups is 1. The Kier molecular flexibility index (Phi) is 4.35. The van der Waals surface area contributed by atoms with Crippen LogP contribution in [0.25, 0.3) is 0 Å². The van der Waals surface area contributed by atoms with Gasteiger partial charge in [0.25, 0.3) is 0 Å². The second kappa shape index (κ2) is 5.10. The lowest BCUT2D eigenvalue weighted by Crippen LogP contribution is -1.98. The molecule has 0 aromatic heterocycles. The van der Waals surface area contributed by atoms with Crippen LogP contribution in [0.1, 0.15) is 25.0 Å². The summed E-state index contributed by atoms with van der Waals surface area (Å²) in [4.78, 5) is 0. The first kappa shape index (κ1) is 12.0. The molecule has 0 heterocycles. The zero-order valence-corrected chi connectivity index (χ0v) is 11.1. The van der Waals surface area contributed by atoms with Crippen LogP contribution in [0, 0.1) is 0 Å². The first-order chi connectivity index (χ1) is 6.50. The highest BCUT2D eigenvalue weighted by Gasteiger charge is 2.11. The van der Waals surface area contributed by atoms with Crippen molar-refractivity contribution in [1.29, 1.82) is 0 Å². The second-order valence-corrected chi connectivity index (χ2v) is 5.11. The van der Waals surface area contributed by atoms with Gasteiger partial charge in [-0.25, -0.2) is 0 Å². The summed E-state index contributed by atoms with van der Waals surface area (Å²) in [6.07, 6.45) is 0.121. The maximum absolute atomic E-state index is 9.86. The second-order valence-electron chi connectivity index (χ2n) is 3.34. The number of rotatable bonds is 3. The van der Waals surface area contributed by atoms with Crippen molar-refractivity contribution in [2.75, 3.05) is 0 Å². The lowest BCUT2D eigenvalue weighted by atomic mass is 10.0. The van der Waals surface area contributed by atoms with E-state index in [2.05, 4.69) is 38.4 Å². The number of halogens is 2. The smallest absolute Gasteiger partial charge is 0.0837 e. The summed E-state index contributed by atoms with van der Waals surface area (Å²) in [5, 5.41) is 9.86. The van der Waals surface area contributed by atoms with Gasteiger partial charge in [0.15, 0.2) is 0 Å². The minimum Gasteiger partial charge on any atom is -0.388 e. The maximum atomic E-state index is 9.86. The van der Waals surface area contributed by atoms with Gasteiger partial charge in [0.1, 0.15) is 0 Å². The molecule has 0 amide bonds. The normalized spacial score (nSPS) is 12.6. The third kappa shape index (κ3) is 3.23. The summed E-state index contributed by atoms with van der Waals surface area (Å²) in [6, 6.07) is 5.75. The predicted molar refractivity (Wildman–Crippen MR) is 66.2 cm³/mol. The quantitative estimate of drug-likeness (QED) is 0.827. The highest BCUT2D eigenvalue weighted by atomic mass is 79.9. The SMILES string of the molecule is C=C(C)CC(O)c1ccc(Br)cc1Br. The largest absolute Gasteiger partial charge is 0.388 e. The lowest BCUT2D eigenvalue weighted by Gasteiger charge is -2.12. The van der Waals surface area contributed by atoms with Gasteiger partial charge in [-0.1, -0.05) is 43.5 Å². The molecule has 1 atom stereocenters. The molecular formula is C11H12Br2O. The van der Waals surface area contributed by atoms with Crippen LogP contribution >= 0.6 is 31.9 Å². The molecule has 0 radical (unpaired) electrons. The molecule has 1 N–H and O–H groups in total.